The standard InChI is InChI=1S/C37H32N3S2.4C2H6/c1-38-31-17-9-11-19-33(31)41-35(38)25-23-27-21-22-28(24-26-36-39(2)32-18-10-12-20-34(32)42-36)37(27)40(29-13-5-3-6-14-29)30-15-7-4-8-16-30;4*1-2/h3-20,23-26H,21-22H2,1-2H3;4*1-2H3/q+1;;;;. The minimum Gasteiger partial charge on any atom is -0.338 e. The molecule has 262 valence electrons. The summed E-state index contributed by atoms with van der Waals surface area (Å²) in [5.41, 5.74) is 8.83. The van der Waals surface area contributed by atoms with Gasteiger partial charge in [-0.15, -0.1) is 0 Å². The van der Waals surface area contributed by atoms with E-state index in [0.717, 1.165) is 24.2 Å². The number of para-hydroxylation sites is 4. The smallest absolute Gasteiger partial charge is 0.262 e. The van der Waals surface area contributed by atoms with Crippen molar-refractivity contribution in [2.24, 2.45) is 7.05 Å². The highest BCUT2D eigenvalue weighted by molar-refractivity contribution is 8.03. The monoisotopic (exact) mass is 702 g/mol. The van der Waals surface area contributed by atoms with Gasteiger partial charge in [-0.1, -0.05) is 145 Å². The van der Waals surface area contributed by atoms with Crippen LogP contribution in [0, 0.1) is 0 Å². The maximum absolute atomic E-state index is 2.43. The molecule has 1 aromatic heterocycles. The van der Waals surface area contributed by atoms with Crippen LogP contribution >= 0.6 is 23.1 Å². The third kappa shape index (κ3) is 9.26. The molecule has 1 aliphatic carbocycles. The van der Waals surface area contributed by atoms with E-state index < -0.39 is 0 Å². The first-order valence-corrected chi connectivity index (χ1v) is 19.9. The number of allylic oxidation sites excluding steroid dienone is 5. The van der Waals surface area contributed by atoms with Gasteiger partial charge < -0.3 is 9.80 Å². The van der Waals surface area contributed by atoms with Crippen LogP contribution in [0.25, 0.3) is 16.3 Å². The summed E-state index contributed by atoms with van der Waals surface area (Å²) < 4.78 is 3.60. The third-order valence-electron chi connectivity index (χ3n) is 7.92. The van der Waals surface area contributed by atoms with Gasteiger partial charge in [0.1, 0.15) is 11.7 Å². The average Bonchev–Trinajstić information content (AvgIpc) is 3.86. The van der Waals surface area contributed by atoms with Crippen molar-refractivity contribution in [2.75, 3.05) is 16.8 Å². The Kier molecular flexibility index (Phi) is 16.9. The van der Waals surface area contributed by atoms with Gasteiger partial charge in [0.2, 0.25) is 5.52 Å². The SMILES string of the molecule is CC.CC.CC.CC.CN1/C(=C/C=C2\CCC(/C=C/c3sc4ccccc4[n+]3C)=C2N(c2ccccc2)c2ccccc2)Sc2ccccc21. The fourth-order valence-corrected chi connectivity index (χ4v) is 7.87. The van der Waals surface area contributed by atoms with Gasteiger partial charge in [0, 0.05) is 35.5 Å². The molecule has 5 aromatic rings. The Bertz CT molecular complexity index is 1840. The summed E-state index contributed by atoms with van der Waals surface area (Å²) in [7, 11) is 4.32. The number of anilines is 3. The van der Waals surface area contributed by atoms with Crippen molar-refractivity contribution in [2.45, 2.75) is 73.1 Å². The quantitative estimate of drug-likeness (QED) is 0.163. The molecule has 0 atom stereocenters. The van der Waals surface area contributed by atoms with Crippen LogP contribution in [0.5, 0.6) is 0 Å². The number of fused-ring (bicyclic) bond motifs is 2. The Morgan fingerprint density at radius 1 is 0.640 bits per heavy atom. The lowest BCUT2D eigenvalue weighted by Gasteiger charge is -2.28. The van der Waals surface area contributed by atoms with E-state index >= 15 is 0 Å². The highest BCUT2D eigenvalue weighted by Crippen LogP contribution is 2.46. The summed E-state index contributed by atoms with van der Waals surface area (Å²) >= 11 is 3.68. The lowest BCUT2D eigenvalue weighted by Crippen LogP contribution is -2.28. The van der Waals surface area contributed by atoms with Crippen molar-refractivity contribution in [1.82, 2.24) is 0 Å². The maximum atomic E-state index is 2.43. The van der Waals surface area contributed by atoms with Gasteiger partial charge in [-0.25, -0.2) is 0 Å². The summed E-state index contributed by atoms with van der Waals surface area (Å²) in [6.07, 6.45) is 11.3. The summed E-state index contributed by atoms with van der Waals surface area (Å²) in [6, 6.07) is 38.8. The number of thioether (sulfide) groups is 1. The van der Waals surface area contributed by atoms with Crippen LogP contribution in [0.1, 0.15) is 73.2 Å². The Balaban J connectivity index is 0.000000791. The molecule has 0 spiro atoms. The predicted octanol–water partition coefficient (Wildman–Crippen LogP) is 13.7. The number of rotatable bonds is 6. The zero-order valence-electron chi connectivity index (χ0n) is 31.8. The second-order valence-corrected chi connectivity index (χ2v) is 12.6. The van der Waals surface area contributed by atoms with Crippen molar-refractivity contribution >= 4 is 56.5 Å². The van der Waals surface area contributed by atoms with Crippen LogP contribution < -0.4 is 14.4 Å². The minimum atomic E-state index is 0.995. The molecule has 5 heteroatoms. The van der Waals surface area contributed by atoms with Gasteiger partial charge in [0.25, 0.3) is 5.01 Å². The fourth-order valence-electron chi connectivity index (χ4n) is 5.76. The molecule has 0 bridgehead atoms. The Morgan fingerprint density at radius 3 is 1.80 bits per heavy atom. The maximum Gasteiger partial charge on any atom is 0.262 e. The molecule has 2 aliphatic rings. The fraction of sp³-hybridized carbons (Fsp3) is 0.267. The van der Waals surface area contributed by atoms with Crippen LogP contribution in [0.3, 0.4) is 0 Å². The minimum absolute atomic E-state index is 0.995. The first-order chi connectivity index (χ1) is 24.7. The van der Waals surface area contributed by atoms with Crippen LogP contribution in [0.4, 0.5) is 17.1 Å². The number of hydrogen-bond donors (Lipinski definition) is 0. The van der Waals surface area contributed by atoms with Crippen LogP contribution in [0.2, 0.25) is 0 Å². The van der Waals surface area contributed by atoms with Gasteiger partial charge in [-0.2, -0.15) is 4.57 Å². The molecule has 0 radical (unpaired) electrons. The first-order valence-electron chi connectivity index (χ1n) is 18.3. The molecule has 7 rings (SSSR count). The van der Waals surface area contributed by atoms with Gasteiger partial charge in [-0.05, 0) is 78.6 Å². The van der Waals surface area contributed by atoms with Crippen molar-refractivity contribution in [3.63, 3.8) is 0 Å². The van der Waals surface area contributed by atoms with E-state index in [0.29, 0.717) is 0 Å². The number of nitrogens with zero attached hydrogens (tertiary/aromatic N) is 3. The topological polar surface area (TPSA) is 10.4 Å². The van der Waals surface area contributed by atoms with Crippen LogP contribution in [0.15, 0.2) is 154 Å². The van der Waals surface area contributed by atoms with E-state index in [1.165, 1.54) is 47.7 Å². The molecule has 0 saturated carbocycles. The molecule has 0 N–H and O–H groups in total. The highest BCUT2D eigenvalue weighted by atomic mass is 32.2. The number of thiazole rings is 1. The summed E-state index contributed by atoms with van der Waals surface area (Å²) in [5.74, 6) is 0. The molecule has 4 aromatic carbocycles. The van der Waals surface area contributed by atoms with Crippen LogP contribution in [-0.2, 0) is 7.05 Å². The number of aromatic nitrogens is 1. The van der Waals surface area contributed by atoms with E-state index in [1.807, 2.05) is 78.5 Å². The van der Waals surface area contributed by atoms with E-state index in [1.54, 1.807) is 0 Å². The molecule has 50 heavy (non-hydrogen) atoms. The van der Waals surface area contributed by atoms with E-state index in [-0.39, 0.29) is 0 Å². The van der Waals surface area contributed by atoms with E-state index in [2.05, 4.69) is 162 Å². The lowest BCUT2D eigenvalue weighted by atomic mass is 10.1. The highest BCUT2D eigenvalue weighted by Gasteiger charge is 2.27. The average molecular weight is 703 g/mol. The molecule has 0 amide bonds. The lowest BCUT2D eigenvalue weighted by molar-refractivity contribution is -0.642. The second kappa shape index (κ2) is 21.0. The summed E-state index contributed by atoms with van der Waals surface area (Å²) in [5, 5.41) is 2.49. The van der Waals surface area contributed by atoms with Crippen molar-refractivity contribution < 1.29 is 4.57 Å². The predicted molar refractivity (Wildman–Crippen MR) is 226 cm³/mol. The molecule has 2 heterocycles. The zero-order chi connectivity index (χ0) is 36.5. The molecular weight excluding hydrogens is 647 g/mol. The van der Waals surface area contributed by atoms with Crippen molar-refractivity contribution in [3.8, 4) is 0 Å². The zero-order valence-corrected chi connectivity index (χ0v) is 33.4. The number of aryl methyl sites for hydroxylation is 1. The molecule has 3 nitrogen and oxygen atoms in total. The van der Waals surface area contributed by atoms with Gasteiger partial charge in [0.15, 0.2) is 0 Å². The molecule has 0 unspecified atom stereocenters. The first kappa shape index (κ1) is 40.1. The summed E-state index contributed by atoms with van der Waals surface area (Å²) in [4.78, 5) is 6.04. The largest absolute Gasteiger partial charge is 0.338 e. The Labute approximate surface area is 311 Å². The number of hydrogen-bond acceptors (Lipinski definition) is 4. The van der Waals surface area contributed by atoms with Gasteiger partial charge in [-0.3, -0.25) is 0 Å². The Morgan fingerprint density at radius 2 is 1.20 bits per heavy atom. The normalized spacial score (nSPS) is 14.6. The molecular formula is C45H56N3S2+. The van der Waals surface area contributed by atoms with E-state index in [9.17, 15) is 0 Å². The summed E-state index contributed by atoms with van der Waals surface area (Å²) in [6.45, 7) is 16.0. The number of benzene rings is 4. The van der Waals surface area contributed by atoms with Gasteiger partial charge >= 0.3 is 0 Å². The van der Waals surface area contributed by atoms with E-state index in [4.69, 9.17) is 0 Å². The second-order valence-electron chi connectivity index (χ2n) is 10.5. The molecule has 0 fully saturated rings. The Hall–Kier alpha value is -4.32. The van der Waals surface area contributed by atoms with Crippen LogP contribution in [-0.4, -0.2) is 7.05 Å². The third-order valence-corrected chi connectivity index (χ3v) is 10.3. The molecule has 0 saturated heterocycles. The van der Waals surface area contributed by atoms with Crippen molar-refractivity contribution in [1.29, 1.82) is 0 Å². The van der Waals surface area contributed by atoms with Crippen molar-refractivity contribution in [3.05, 3.63) is 154 Å². The van der Waals surface area contributed by atoms with Gasteiger partial charge in [0.05, 0.1) is 16.4 Å². The molecule has 1 aliphatic heterocycles.